The number of nitro benzene ring substituents is 1. The number of rotatable bonds is 4. The topological polar surface area (TPSA) is 106 Å². The van der Waals surface area contributed by atoms with Crippen LogP contribution >= 0.6 is 0 Å². The number of hydrogen-bond donors (Lipinski definition) is 1. The first-order valence-electron chi connectivity index (χ1n) is 9.01. The first kappa shape index (κ1) is 17.5. The quantitative estimate of drug-likeness (QED) is 0.640. The summed E-state index contributed by atoms with van der Waals surface area (Å²) in [4.78, 5) is 23.1. The van der Waals surface area contributed by atoms with Crippen LogP contribution in [0.15, 0.2) is 23.1 Å². The molecule has 4 aliphatic rings. The highest BCUT2D eigenvalue weighted by molar-refractivity contribution is 7.90. The summed E-state index contributed by atoms with van der Waals surface area (Å²) in [5, 5.41) is 11.0. The Morgan fingerprint density at radius 2 is 1.69 bits per heavy atom. The first-order valence-corrected chi connectivity index (χ1v) is 10.5. The fourth-order valence-corrected chi connectivity index (χ4v) is 7.00. The molecule has 4 fully saturated rings. The number of nitrogens with zero attached hydrogens (tertiary/aromatic N) is 1. The Kier molecular flexibility index (Phi) is 3.87. The molecule has 0 unspecified atom stereocenters. The molecule has 4 bridgehead atoms. The molecule has 0 heterocycles. The summed E-state index contributed by atoms with van der Waals surface area (Å²) in [7, 11) is -4.14. The van der Waals surface area contributed by atoms with Gasteiger partial charge in [-0.25, -0.2) is 13.1 Å². The molecule has 7 nitrogen and oxygen atoms in total. The molecule has 0 aliphatic heterocycles. The second kappa shape index (κ2) is 5.77. The number of nitrogens with one attached hydrogen (secondary N) is 1. The molecule has 0 spiro atoms. The molecule has 0 atom stereocenters. The van der Waals surface area contributed by atoms with E-state index in [9.17, 15) is 23.3 Å². The van der Waals surface area contributed by atoms with Crippen LogP contribution in [0.4, 0.5) is 5.69 Å². The number of carbonyl (C=O) groups excluding carboxylic acids is 1. The average Bonchev–Trinajstić information content (AvgIpc) is 2.53. The molecule has 26 heavy (non-hydrogen) atoms. The van der Waals surface area contributed by atoms with Crippen molar-refractivity contribution in [2.45, 2.75) is 50.3 Å². The Balaban J connectivity index is 1.61. The Morgan fingerprint density at radius 1 is 1.15 bits per heavy atom. The maximum atomic E-state index is 13.0. The monoisotopic (exact) mass is 378 g/mol. The van der Waals surface area contributed by atoms with E-state index < -0.39 is 26.3 Å². The number of amides is 1. The van der Waals surface area contributed by atoms with E-state index in [1.165, 1.54) is 12.1 Å². The highest BCUT2D eigenvalue weighted by atomic mass is 32.2. The molecule has 0 saturated heterocycles. The van der Waals surface area contributed by atoms with Crippen molar-refractivity contribution < 1.29 is 18.1 Å². The van der Waals surface area contributed by atoms with Gasteiger partial charge < -0.3 is 0 Å². The van der Waals surface area contributed by atoms with Crippen molar-refractivity contribution in [1.29, 1.82) is 0 Å². The molecule has 140 valence electrons. The molecule has 1 N–H and O–H groups in total. The molecule has 0 aromatic heterocycles. The third-order valence-corrected chi connectivity index (χ3v) is 7.89. The van der Waals surface area contributed by atoms with Crippen molar-refractivity contribution in [2.24, 2.45) is 23.2 Å². The minimum absolute atomic E-state index is 0.204. The molecule has 8 heteroatoms. The number of benzene rings is 1. The second-order valence-corrected chi connectivity index (χ2v) is 9.99. The van der Waals surface area contributed by atoms with Crippen molar-refractivity contribution in [3.8, 4) is 0 Å². The van der Waals surface area contributed by atoms with Crippen molar-refractivity contribution in [3.05, 3.63) is 33.9 Å². The molecule has 5 rings (SSSR count). The minimum Gasteiger partial charge on any atom is -0.273 e. The van der Waals surface area contributed by atoms with Crippen LogP contribution in [0.1, 0.15) is 44.1 Å². The van der Waals surface area contributed by atoms with Gasteiger partial charge in [0.2, 0.25) is 5.91 Å². The number of hydrogen-bond acceptors (Lipinski definition) is 5. The van der Waals surface area contributed by atoms with Crippen LogP contribution in [0.25, 0.3) is 0 Å². The molecule has 4 aliphatic carbocycles. The van der Waals surface area contributed by atoms with Gasteiger partial charge in [0, 0.05) is 12.1 Å². The number of nitro groups is 1. The zero-order valence-electron chi connectivity index (χ0n) is 14.6. The van der Waals surface area contributed by atoms with Crippen molar-refractivity contribution in [2.75, 3.05) is 0 Å². The predicted molar refractivity (Wildman–Crippen MR) is 93.8 cm³/mol. The Hall–Kier alpha value is -1.96. The maximum absolute atomic E-state index is 13.0. The average molecular weight is 378 g/mol. The Bertz CT molecular complexity index is 858. The van der Waals surface area contributed by atoms with E-state index in [2.05, 4.69) is 4.72 Å². The van der Waals surface area contributed by atoms with E-state index >= 15 is 0 Å². The van der Waals surface area contributed by atoms with Gasteiger partial charge in [-0.3, -0.25) is 14.9 Å². The van der Waals surface area contributed by atoms with Crippen LogP contribution in [0.2, 0.25) is 0 Å². The highest BCUT2D eigenvalue weighted by Gasteiger charge is 2.55. The largest absolute Gasteiger partial charge is 0.273 e. The number of sulfonamides is 1. The lowest BCUT2D eigenvalue weighted by atomic mass is 9.49. The summed E-state index contributed by atoms with van der Waals surface area (Å²) in [6, 6.07) is 3.67. The summed E-state index contributed by atoms with van der Waals surface area (Å²) in [5.74, 6) is 1.14. The van der Waals surface area contributed by atoms with E-state index in [-0.39, 0.29) is 10.6 Å². The van der Waals surface area contributed by atoms with E-state index in [0.29, 0.717) is 23.3 Å². The molecule has 1 amide bonds. The van der Waals surface area contributed by atoms with Gasteiger partial charge in [0.05, 0.1) is 15.2 Å². The third-order valence-electron chi connectivity index (χ3n) is 6.42. The van der Waals surface area contributed by atoms with Crippen molar-refractivity contribution in [1.82, 2.24) is 4.72 Å². The van der Waals surface area contributed by atoms with E-state index in [1.54, 1.807) is 6.92 Å². The summed E-state index contributed by atoms with van der Waals surface area (Å²) >= 11 is 0. The highest BCUT2D eigenvalue weighted by Crippen LogP contribution is 2.60. The van der Waals surface area contributed by atoms with Gasteiger partial charge in [0.1, 0.15) is 0 Å². The predicted octanol–water partition coefficient (Wildman–Crippen LogP) is 2.92. The van der Waals surface area contributed by atoms with E-state index in [4.69, 9.17) is 0 Å². The lowest BCUT2D eigenvalue weighted by Crippen LogP contribution is -2.54. The molecule has 4 saturated carbocycles. The summed E-state index contributed by atoms with van der Waals surface area (Å²) in [6.45, 7) is 1.56. The summed E-state index contributed by atoms with van der Waals surface area (Å²) < 4.78 is 27.8. The number of carbonyl (C=O) groups is 1. The first-order chi connectivity index (χ1) is 12.2. The summed E-state index contributed by atoms with van der Waals surface area (Å²) in [5.41, 5.74) is -0.518. The molecular formula is C18H22N2O5S. The maximum Gasteiger partial charge on any atom is 0.270 e. The third kappa shape index (κ3) is 2.80. The van der Waals surface area contributed by atoms with E-state index in [1.807, 2.05) is 0 Å². The number of non-ortho nitro benzene ring substituents is 1. The van der Waals surface area contributed by atoms with Crippen LogP contribution in [0.3, 0.4) is 0 Å². The van der Waals surface area contributed by atoms with Crippen molar-refractivity contribution in [3.63, 3.8) is 0 Å². The van der Waals surface area contributed by atoms with Crippen LogP contribution in [0, 0.1) is 40.2 Å². The standard InChI is InChI=1S/C18H22N2O5S/c1-11-2-3-15(20(22)23)7-16(11)26(24,25)19-17(21)18-8-12-4-13(9-18)6-14(5-12)10-18/h2-3,7,12-14H,4-6,8-10H2,1H3,(H,19,21). The normalized spacial score (nSPS) is 32.4. The Labute approximate surface area is 152 Å². The smallest absolute Gasteiger partial charge is 0.270 e. The van der Waals surface area contributed by atoms with Gasteiger partial charge in [0.15, 0.2) is 0 Å². The second-order valence-electron chi connectivity index (χ2n) is 8.34. The van der Waals surface area contributed by atoms with Crippen LogP contribution in [0.5, 0.6) is 0 Å². The molecule has 1 aromatic rings. The Morgan fingerprint density at radius 3 is 2.19 bits per heavy atom. The van der Waals surface area contributed by atoms with Gasteiger partial charge in [-0.15, -0.1) is 0 Å². The fraction of sp³-hybridized carbons (Fsp3) is 0.611. The van der Waals surface area contributed by atoms with Gasteiger partial charge in [-0.2, -0.15) is 0 Å². The lowest BCUT2D eigenvalue weighted by Gasteiger charge is -2.55. The number of aryl methyl sites for hydroxylation is 1. The van der Waals surface area contributed by atoms with Gasteiger partial charge in [-0.1, -0.05) is 6.07 Å². The summed E-state index contributed by atoms with van der Waals surface area (Å²) in [6.07, 6.45) is 5.74. The zero-order valence-corrected chi connectivity index (χ0v) is 15.4. The zero-order chi connectivity index (χ0) is 18.7. The van der Waals surface area contributed by atoms with Crippen LogP contribution in [-0.4, -0.2) is 19.2 Å². The fourth-order valence-electron chi connectivity index (χ4n) is 5.67. The van der Waals surface area contributed by atoms with E-state index in [0.717, 1.165) is 44.6 Å². The minimum atomic E-state index is -4.14. The molecule has 1 aromatic carbocycles. The van der Waals surface area contributed by atoms with Gasteiger partial charge >= 0.3 is 0 Å². The van der Waals surface area contributed by atoms with Gasteiger partial charge in [0.25, 0.3) is 15.7 Å². The van der Waals surface area contributed by atoms with Crippen molar-refractivity contribution >= 4 is 21.6 Å². The van der Waals surface area contributed by atoms with Crippen LogP contribution < -0.4 is 4.72 Å². The van der Waals surface area contributed by atoms with Crippen LogP contribution in [-0.2, 0) is 14.8 Å². The molecular weight excluding hydrogens is 356 g/mol. The van der Waals surface area contributed by atoms with Gasteiger partial charge in [-0.05, 0) is 68.8 Å². The molecule has 0 radical (unpaired) electrons. The SMILES string of the molecule is Cc1ccc([N+](=O)[O-])cc1S(=O)(=O)NC(=O)C12CC3CC(CC(C3)C1)C2. The lowest BCUT2D eigenvalue weighted by molar-refractivity contribution is -0.385.